The molecule has 1 aliphatic heterocycles. The van der Waals surface area contributed by atoms with Gasteiger partial charge in [-0.05, 0) is 82.9 Å². The van der Waals surface area contributed by atoms with Crippen LogP contribution in [0, 0.1) is 0 Å². The van der Waals surface area contributed by atoms with E-state index >= 15 is 0 Å². The fourth-order valence-electron chi connectivity index (χ4n) is 4.89. The van der Waals surface area contributed by atoms with E-state index in [1.807, 2.05) is 54.6 Å². The molecular formula is C33H28N2O2. The molecule has 0 saturated heterocycles. The normalized spacial score (nSPS) is 12.1. The Kier molecular flexibility index (Phi) is 5.78. The maximum Gasteiger partial charge on any atom is 0.127 e. The van der Waals surface area contributed by atoms with E-state index in [1.54, 1.807) is 7.11 Å². The molecule has 6 rings (SSSR count). The van der Waals surface area contributed by atoms with Crippen LogP contribution in [-0.2, 0) is 0 Å². The minimum Gasteiger partial charge on any atom is -0.497 e. The topological polar surface area (TPSA) is 24.9 Å². The number of anilines is 4. The lowest BCUT2D eigenvalue weighted by molar-refractivity contribution is 0.415. The van der Waals surface area contributed by atoms with Gasteiger partial charge in [-0.2, -0.15) is 0 Å². The summed E-state index contributed by atoms with van der Waals surface area (Å²) < 4.78 is 11.3. The number of hydrogen-bond donors (Lipinski definition) is 0. The number of fused-ring (bicyclic) bond motifs is 2. The van der Waals surface area contributed by atoms with Crippen molar-refractivity contribution in [2.75, 3.05) is 31.0 Å². The van der Waals surface area contributed by atoms with Crippen molar-refractivity contribution in [2.45, 2.75) is 0 Å². The Morgan fingerprint density at radius 3 is 1.35 bits per heavy atom. The highest BCUT2D eigenvalue weighted by atomic mass is 16.5. The Balaban J connectivity index is 1.28. The van der Waals surface area contributed by atoms with E-state index in [4.69, 9.17) is 9.47 Å². The lowest BCUT2D eigenvalue weighted by Crippen LogP contribution is -2.24. The molecule has 4 heteroatoms. The zero-order chi connectivity index (χ0) is 25.4. The van der Waals surface area contributed by atoms with Gasteiger partial charge in [0.25, 0.3) is 0 Å². The second-order valence-corrected chi connectivity index (χ2v) is 9.19. The van der Waals surface area contributed by atoms with Crippen LogP contribution in [0.25, 0.3) is 22.3 Å². The van der Waals surface area contributed by atoms with Crippen LogP contribution in [0.3, 0.4) is 0 Å². The number of hydrogen-bond acceptors (Lipinski definition) is 4. The van der Waals surface area contributed by atoms with Gasteiger partial charge in [0.05, 0.1) is 29.9 Å². The second kappa shape index (κ2) is 9.40. The molecule has 4 nitrogen and oxygen atoms in total. The van der Waals surface area contributed by atoms with Crippen molar-refractivity contribution in [1.82, 2.24) is 0 Å². The average molecular weight is 485 g/mol. The lowest BCUT2D eigenvalue weighted by Gasteiger charge is -2.37. The second-order valence-electron chi connectivity index (χ2n) is 9.19. The highest BCUT2D eigenvalue weighted by molar-refractivity contribution is 5.96. The molecule has 0 bridgehead atoms. The molecular weight excluding hydrogens is 456 g/mol. The maximum absolute atomic E-state index is 5.96. The van der Waals surface area contributed by atoms with Crippen molar-refractivity contribution < 1.29 is 9.47 Å². The highest BCUT2D eigenvalue weighted by Crippen LogP contribution is 2.48. The van der Waals surface area contributed by atoms with Crippen LogP contribution in [0.15, 0.2) is 115 Å². The molecule has 5 aromatic rings. The summed E-state index contributed by atoms with van der Waals surface area (Å²) in [6.45, 7) is 0. The van der Waals surface area contributed by atoms with Crippen molar-refractivity contribution in [3.05, 3.63) is 115 Å². The summed E-state index contributed by atoms with van der Waals surface area (Å²) in [5.41, 5.74) is 9.38. The minimum atomic E-state index is 0.825. The van der Waals surface area contributed by atoms with Crippen molar-refractivity contribution in [3.8, 4) is 39.5 Å². The Hall–Kier alpha value is -4.70. The van der Waals surface area contributed by atoms with Gasteiger partial charge < -0.3 is 19.3 Å². The monoisotopic (exact) mass is 484 g/mol. The van der Waals surface area contributed by atoms with Crippen LogP contribution in [0.5, 0.6) is 17.2 Å². The van der Waals surface area contributed by atoms with Gasteiger partial charge in [-0.1, -0.05) is 54.6 Å². The number of para-hydroxylation sites is 1. The summed E-state index contributed by atoms with van der Waals surface area (Å²) in [6.07, 6.45) is 0. The summed E-state index contributed by atoms with van der Waals surface area (Å²) >= 11 is 0. The SMILES string of the molecule is COc1ccc(-c2ccc3c(c2)N(C)c2ccc(-c4ccc(Oc5ccccc5)cc4)cc2N3C)cc1. The van der Waals surface area contributed by atoms with Gasteiger partial charge in [-0.15, -0.1) is 0 Å². The molecule has 0 aromatic heterocycles. The first-order valence-corrected chi connectivity index (χ1v) is 12.3. The Labute approximate surface area is 217 Å². The fraction of sp³-hybridized carbons (Fsp3) is 0.0909. The average Bonchev–Trinajstić information content (AvgIpc) is 2.96. The van der Waals surface area contributed by atoms with Crippen molar-refractivity contribution in [2.24, 2.45) is 0 Å². The molecule has 0 unspecified atom stereocenters. The molecule has 5 aromatic carbocycles. The van der Waals surface area contributed by atoms with Gasteiger partial charge in [0.15, 0.2) is 0 Å². The maximum atomic E-state index is 5.96. The van der Waals surface area contributed by atoms with Crippen molar-refractivity contribution >= 4 is 22.7 Å². The summed E-state index contributed by atoms with van der Waals surface area (Å²) in [7, 11) is 5.97. The molecule has 0 spiro atoms. The van der Waals surface area contributed by atoms with Crippen molar-refractivity contribution in [3.63, 3.8) is 0 Å². The number of benzene rings is 5. The molecule has 0 N–H and O–H groups in total. The van der Waals surface area contributed by atoms with E-state index in [1.165, 1.54) is 39.4 Å². The third-order valence-electron chi connectivity index (χ3n) is 6.99. The van der Waals surface area contributed by atoms with Gasteiger partial charge in [-0.3, -0.25) is 0 Å². The number of nitrogens with zero attached hydrogens (tertiary/aromatic N) is 2. The number of ether oxygens (including phenoxy) is 2. The predicted octanol–water partition coefficient (Wildman–Crippen LogP) is 8.67. The Bertz CT molecular complexity index is 1540. The molecule has 0 atom stereocenters. The molecule has 1 heterocycles. The van der Waals surface area contributed by atoms with Crippen LogP contribution in [0.1, 0.15) is 0 Å². The van der Waals surface area contributed by atoms with E-state index in [0.717, 1.165) is 22.8 Å². The highest BCUT2D eigenvalue weighted by Gasteiger charge is 2.25. The van der Waals surface area contributed by atoms with Crippen LogP contribution < -0.4 is 19.3 Å². The molecule has 182 valence electrons. The van der Waals surface area contributed by atoms with Gasteiger partial charge >= 0.3 is 0 Å². The molecule has 1 aliphatic rings. The molecule has 0 radical (unpaired) electrons. The molecule has 0 saturated carbocycles. The van der Waals surface area contributed by atoms with E-state index in [0.29, 0.717) is 0 Å². The van der Waals surface area contributed by atoms with Gasteiger partial charge in [0.2, 0.25) is 0 Å². The largest absolute Gasteiger partial charge is 0.497 e. The number of methoxy groups -OCH3 is 1. The molecule has 0 aliphatic carbocycles. The number of rotatable bonds is 5. The summed E-state index contributed by atoms with van der Waals surface area (Å²) in [5.74, 6) is 2.52. The van der Waals surface area contributed by atoms with Crippen LogP contribution in [-0.4, -0.2) is 21.2 Å². The third-order valence-corrected chi connectivity index (χ3v) is 6.99. The summed E-state index contributed by atoms with van der Waals surface area (Å²) in [4.78, 5) is 4.55. The van der Waals surface area contributed by atoms with E-state index in [9.17, 15) is 0 Å². The standard InChI is InChI=1S/C33H28N2O2/c1-34-31-20-14-26(24-11-17-29(18-12-24)37-28-7-5-4-6-8-28)22-33(31)35(2)30-19-13-25(21-32(30)34)23-9-15-27(36-3)16-10-23/h4-22H,1-3H3. The van der Waals surface area contributed by atoms with Crippen LogP contribution >= 0.6 is 0 Å². The first kappa shape index (κ1) is 22.7. The van der Waals surface area contributed by atoms with Crippen molar-refractivity contribution in [1.29, 1.82) is 0 Å². The van der Waals surface area contributed by atoms with Gasteiger partial charge in [-0.25, -0.2) is 0 Å². The summed E-state index contributed by atoms with van der Waals surface area (Å²) in [6, 6.07) is 39.6. The van der Waals surface area contributed by atoms with Gasteiger partial charge in [0.1, 0.15) is 17.2 Å². The van der Waals surface area contributed by atoms with E-state index in [-0.39, 0.29) is 0 Å². The fourth-order valence-corrected chi connectivity index (χ4v) is 4.89. The quantitative estimate of drug-likeness (QED) is 0.249. The lowest BCUT2D eigenvalue weighted by atomic mass is 9.99. The zero-order valence-electron chi connectivity index (χ0n) is 21.2. The van der Waals surface area contributed by atoms with Gasteiger partial charge in [0, 0.05) is 14.1 Å². The molecule has 0 fully saturated rings. The van der Waals surface area contributed by atoms with Crippen LogP contribution in [0.4, 0.5) is 22.7 Å². The minimum absolute atomic E-state index is 0.825. The van der Waals surface area contributed by atoms with E-state index in [2.05, 4.69) is 84.6 Å². The van der Waals surface area contributed by atoms with Crippen LogP contribution in [0.2, 0.25) is 0 Å². The Morgan fingerprint density at radius 1 is 0.432 bits per heavy atom. The third kappa shape index (κ3) is 4.27. The first-order valence-electron chi connectivity index (χ1n) is 12.3. The predicted molar refractivity (Wildman–Crippen MR) is 153 cm³/mol. The Morgan fingerprint density at radius 2 is 0.865 bits per heavy atom. The smallest absolute Gasteiger partial charge is 0.127 e. The molecule has 0 amide bonds. The molecule has 37 heavy (non-hydrogen) atoms. The zero-order valence-corrected chi connectivity index (χ0v) is 21.2. The first-order chi connectivity index (χ1) is 18.1. The van der Waals surface area contributed by atoms with E-state index < -0.39 is 0 Å². The summed E-state index contributed by atoms with van der Waals surface area (Å²) in [5, 5.41) is 0.